The van der Waals surface area contributed by atoms with Gasteiger partial charge in [-0.15, -0.1) is 0 Å². The largest absolute Gasteiger partial charge is 0.393 e. The van der Waals surface area contributed by atoms with E-state index in [4.69, 9.17) is 17.3 Å². The van der Waals surface area contributed by atoms with Gasteiger partial charge in [-0.25, -0.2) is 0 Å². The van der Waals surface area contributed by atoms with Crippen molar-refractivity contribution in [1.82, 2.24) is 0 Å². The Morgan fingerprint density at radius 2 is 2.13 bits per heavy atom. The highest BCUT2D eigenvalue weighted by molar-refractivity contribution is 6.22. The molecule has 1 N–H and O–H groups in total. The van der Waals surface area contributed by atoms with Gasteiger partial charge in [0.05, 0.1) is 20.1 Å². The van der Waals surface area contributed by atoms with E-state index in [0.29, 0.717) is 6.42 Å². The van der Waals surface area contributed by atoms with Crippen LogP contribution in [0.15, 0.2) is 23.8 Å². The molecule has 1 aliphatic heterocycles. The van der Waals surface area contributed by atoms with Gasteiger partial charge in [0.1, 0.15) is 0 Å². The van der Waals surface area contributed by atoms with Crippen molar-refractivity contribution in [1.29, 1.82) is 0 Å². The molecule has 4 fully saturated rings. The van der Waals surface area contributed by atoms with Gasteiger partial charge >= 0.3 is 0 Å². The third-order valence-electron chi connectivity index (χ3n) is 9.41. The minimum atomic E-state index is -1.08. The minimum Gasteiger partial charge on any atom is -0.393 e. The molecule has 1 saturated heterocycles. The number of Topliss-reactive ketones (excluding diaryl/α,β-unsaturated/α-hetero) is 1. The second-order valence-corrected chi connectivity index (χ2v) is 10.8. The molecule has 0 amide bonds. The number of aliphatic hydroxyl groups is 1. The molecule has 5 rings (SSSR count). The molecule has 166 valence electrons. The molecule has 9 atom stereocenters. The monoisotopic (exact) mass is 424 g/mol. The number of hydrogen-bond acceptors (Lipinski definition) is 5. The summed E-state index contributed by atoms with van der Waals surface area (Å²) >= 11 is 0. The summed E-state index contributed by atoms with van der Waals surface area (Å²) in [5, 5.41) is 11.6. The molecule has 0 aromatic rings. The maximum Gasteiger partial charge on any atom is 0.178 e. The van der Waals surface area contributed by atoms with Gasteiger partial charge < -0.3 is 14.6 Å². The SMILES string of the molecule is [B]CC(=O)C12OC(CCC)OC1CC1C3CCC4=CC(=O)C=CC4(C)C3C(O)CC12C. The Balaban J connectivity index is 1.55. The van der Waals surface area contributed by atoms with Crippen LogP contribution < -0.4 is 0 Å². The van der Waals surface area contributed by atoms with Crippen LogP contribution in [0.5, 0.6) is 0 Å². The topological polar surface area (TPSA) is 72.8 Å². The normalized spacial score (nSPS) is 50.3. The van der Waals surface area contributed by atoms with E-state index in [9.17, 15) is 14.7 Å². The number of ketones is 2. The van der Waals surface area contributed by atoms with Gasteiger partial charge in [-0.3, -0.25) is 9.59 Å². The van der Waals surface area contributed by atoms with Crippen molar-refractivity contribution in [3.8, 4) is 0 Å². The fraction of sp³-hybridized carbons (Fsp3) is 0.760. The zero-order valence-corrected chi connectivity index (χ0v) is 18.8. The van der Waals surface area contributed by atoms with Crippen LogP contribution in [0, 0.1) is 28.6 Å². The van der Waals surface area contributed by atoms with Crippen LogP contribution in [0.25, 0.3) is 0 Å². The first-order valence-corrected chi connectivity index (χ1v) is 11.9. The quantitative estimate of drug-likeness (QED) is 0.702. The zero-order chi connectivity index (χ0) is 22.2. The van der Waals surface area contributed by atoms with Gasteiger partial charge in [-0.2, -0.15) is 0 Å². The summed E-state index contributed by atoms with van der Waals surface area (Å²) in [7, 11) is 5.89. The van der Waals surface area contributed by atoms with E-state index in [-0.39, 0.29) is 53.4 Å². The molecule has 2 radical (unpaired) electrons. The number of fused-ring (bicyclic) bond motifs is 7. The molecule has 0 spiro atoms. The van der Waals surface area contributed by atoms with E-state index in [1.165, 1.54) is 0 Å². The highest BCUT2D eigenvalue weighted by Gasteiger charge is 2.75. The number of allylic oxidation sites excluding steroid dienone is 4. The molecular formula is C25H33BO5. The fourth-order valence-electron chi connectivity index (χ4n) is 8.16. The summed E-state index contributed by atoms with van der Waals surface area (Å²) in [6, 6.07) is 0. The molecule has 0 bridgehead atoms. The Labute approximate surface area is 186 Å². The standard InChI is InChI=1S/C25H33BO5/c1-4-5-21-30-20-11-17-16-7-6-14-10-15(27)8-9-23(14,2)22(16)18(28)12-24(17,3)25(20,31-21)19(29)13-26/h8-10,16-18,20-22,28H,4-7,11-13H2,1-3H3. The van der Waals surface area contributed by atoms with Gasteiger partial charge in [0, 0.05) is 16.7 Å². The predicted octanol–water partition coefficient (Wildman–Crippen LogP) is 3.31. The number of hydrogen-bond donors (Lipinski definition) is 1. The van der Waals surface area contributed by atoms with Crippen molar-refractivity contribution in [3.63, 3.8) is 0 Å². The van der Waals surface area contributed by atoms with E-state index >= 15 is 0 Å². The van der Waals surface area contributed by atoms with Crippen LogP contribution in [0.1, 0.15) is 59.3 Å². The van der Waals surface area contributed by atoms with Crippen molar-refractivity contribution in [2.45, 2.75) is 89.7 Å². The molecule has 4 aliphatic carbocycles. The lowest BCUT2D eigenvalue weighted by Gasteiger charge is -2.59. The van der Waals surface area contributed by atoms with Crippen LogP contribution in [0.4, 0.5) is 0 Å². The molecule has 6 heteroatoms. The molecule has 5 nitrogen and oxygen atoms in total. The highest BCUT2D eigenvalue weighted by Crippen LogP contribution is 2.69. The van der Waals surface area contributed by atoms with E-state index in [2.05, 4.69) is 20.8 Å². The zero-order valence-electron chi connectivity index (χ0n) is 18.8. The third kappa shape index (κ3) is 2.68. The summed E-state index contributed by atoms with van der Waals surface area (Å²) in [5.41, 5.74) is -0.797. The molecule has 9 unspecified atom stereocenters. The van der Waals surface area contributed by atoms with Crippen LogP contribution in [-0.4, -0.2) is 48.6 Å². The van der Waals surface area contributed by atoms with Crippen LogP contribution in [0.3, 0.4) is 0 Å². The molecule has 1 heterocycles. The van der Waals surface area contributed by atoms with Crippen LogP contribution in [-0.2, 0) is 19.1 Å². The van der Waals surface area contributed by atoms with Gasteiger partial charge in [-0.05, 0) is 62.4 Å². The average Bonchev–Trinajstić information content (AvgIpc) is 3.20. The van der Waals surface area contributed by atoms with Gasteiger partial charge in [0.25, 0.3) is 0 Å². The summed E-state index contributed by atoms with van der Waals surface area (Å²) in [4.78, 5) is 25.3. The number of carbonyl (C=O) groups excluding carboxylic acids is 2. The highest BCUT2D eigenvalue weighted by atomic mass is 16.7. The van der Waals surface area contributed by atoms with E-state index in [1.807, 2.05) is 6.08 Å². The summed E-state index contributed by atoms with van der Waals surface area (Å²) in [5.74, 6) is 0.391. The molecule has 31 heavy (non-hydrogen) atoms. The van der Waals surface area contributed by atoms with Gasteiger partial charge in [0.15, 0.2) is 23.5 Å². The maximum atomic E-state index is 13.4. The van der Waals surface area contributed by atoms with Crippen LogP contribution in [0.2, 0.25) is 6.32 Å². The Morgan fingerprint density at radius 3 is 2.84 bits per heavy atom. The lowest BCUT2D eigenvalue weighted by Crippen LogP contribution is -2.63. The second-order valence-electron chi connectivity index (χ2n) is 10.8. The molecular weight excluding hydrogens is 391 g/mol. The van der Waals surface area contributed by atoms with Crippen molar-refractivity contribution >= 4 is 19.4 Å². The first-order chi connectivity index (χ1) is 14.7. The number of rotatable bonds is 4. The minimum absolute atomic E-state index is 0.0187. The second kappa shape index (κ2) is 7.13. The molecule has 0 aromatic carbocycles. The maximum absolute atomic E-state index is 13.4. The predicted molar refractivity (Wildman–Crippen MR) is 116 cm³/mol. The summed E-state index contributed by atoms with van der Waals surface area (Å²) in [6.45, 7) is 6.36. The van der Waals surface area contributed by atoms with Crippen molar-refractivity contribution in [2.24, 2.45) is 28.6 Å². The van der Waals surface area contributed by atoms with E-state index in [1.54, 1.807) is 12.2 Å². The van der Waals surface area contributed by atoms with Gasteiger partial charge in [-0.1, -0.05) is 38.8 Å². The number of aliphatic hydroxyl groups excluding tert-OH is 1. The van der Waals surface area contributed by atoms with Crippen LogP contribution >= 0.6 is 0 Å². The Hall–Kier alpha value is -1.24. The smallest absolute Gasteiger partial charge is 0.178 e. The lowest BCUT2D eigenvalue weighted by molar-refractivity contribution is -0.197. The third-order valence-corrected chi connectivity index (χ3v) is 9.41. The summed E-state index contributed by atoms with van der Waals surface area (Å²) < 4.78 is 12.8. The number of ether oxygens (including phenoxy) is 2. The van der Waals surface area contributed by atoms with E-state index in [0.717, 1.165) is 37.7 Å². The summed E-state index contributed by atoms with van der Waals surface area (Å²) in [6.07, 6.45) is 8.70. The van der Waals surface area contributed by atoms with E-state index < -0.39 is 17.1 Å². The Bertz CT molecular complexity index is 866. The first-order valence-electron chi connectivity index (χ1n) is 11.9. The lowest BCUT2D eigenvalue weighted by atomic mass is 9.46. The van der Waals surface area contributed by atoms with Crippen molar-refractivity contribution < 1.29 is 24.2 Å². The average molecular weight is 424 g/mol. The number of carbonyl (C=O) groups is 2. The van der Waals surface area contributed by atoms with Crippen molar-refractivity contribution in [3.05, 3.63) is 23.8 Å². The van der Waals surface area contributed by atoms with Gasteiger partial charge in [0.2, 0.25) is 0 Å². The molecule has 5 aliphatic rings. The van der Waals surface area contributed by atoms with Crippen molar-refractivity contribution in [2.75, 3.05) is 0 Å². The first kappa shape index (κ1) is 21.6. The fourth-order valence-corrected chi connectivity index (χ4v) is 8.16. The molecule has 3 saturated carbocycles. The molecule has 0 aromatic heterocycles. The Kier molecular flexibility index (Phi) is 4.97. The Morgan fingerprint density at radius 1 is 1.35 bits per heavy atom.